The molecule has 0 radical (unpaired) electrons. The molecule has 1 aliphatic heterocycles. The second-order valence-electron chi connectivity index (χ2n) is 6.64. The highest BCUT2D eigenvalue weighted by atomic mass is 32.2. The lowest BCUT2D eigenvalue weighted by Crippen LogP contribution is -2.32. The summed E-state index contributed by atoms with van der Waals surface area (Å²) >= 11 is -0.736. The Morgan fingerprint density at radius 1 is 1.29 bits per heavy atom. The zero-order valence-corrected chi connectivity index (χ0v) is 16.0. The number of halogens is 1. The van der Waals surface area contributed by atoms with Crippen molar-refractivity contribution in [2.24, 2.45) is 7.05 Å². The van der Waals surface area contributed by atoms with Gasteiger partial charge in [-0.3, -0.25) is 9.36 Å². The van der Waals surface area contributed by atoms with Crippen LogP contribution in [0.5, 0.6) is 11.5 Å². The maximum Gasteiger partial charge on any atom is 0.294 e. The highest BCUT2D eigenvalue weighted by Crippen LogP contribution is 2.24. The molecule has 0 atom stereocenters. The molecule has 0 amide bonds. The lowest BCUT2D eigenvalue weighted by atomic mass is 10.2. The Hall–Kier alpha value is -2.65. The van der Waals surface area contributed by atoms with E-state index < -0.39 is 22.6 Å². The molecule has 1 aliphatic rings. The first-order valence-electron chi connectivity index (χ1n) is 8.92. The highest BCUT2D eigenvalue weighted by molar-refractivity contribution is 7.91. The minimum atomic E-state index is -0.736. The van der Waals surface area contributed by atoms with Gasteiger partial charge < -0.3 is 14.6 Å². The van der Waals surface area contributed by atoms with Crippen molar-refractivity contribution in [2.75, 3.05) is 16.8 Å². The molecule has 0 saturated carbocycles. The average Bonchev–Trinajstić information content (AvgIpc) is 2.70. The lowest BCUT2D eigenvalue weighted by molar-refractivity contribution is 0.434. The fourth-order valence-corrected chi connectivity index (χ4v) is 4.43. The van der Waals surface area contributed by atoms with E-state index in [-0.39, 0.29) is 17.5 Å². The molecule has 0 aliphatic carbocycles. The number of hydrogen-bond acceptors (Lipinski definition) is 6. The lowest BCUT2D eigenvalue weighted by Gasteiger charge is -2.25. The molecule has 146 valence electrons. The number of rotatable bonds is 4. The van der Waals surface area contributed by atoms with E-state index in [4.69, 9.17) is 4.74 Å². The number of pyridine rings is 1. The quantitative estimate of drug-likeness (QED) is 0.675. The summed E-state index contributed by atoms with van der Waals surface area (Å²) in [6, 6.07) is 7.58. The van der Waals surface area contributed by atoms with Gasteiger partial charge in [0, 0.05) is 37.5 Å². The fourth-order valence-electron chi connectivity index (χ4n) is 3.13. The Balaban J connectivity index is 1.63. The van der Waals surface area contributed by atoms with Crippen LogP contribution in [0.25, 0.3) is 11.0 Å². The molecule has 0 bridgehead atoms. The van der Waals surface area contributed by atoms with Crippen LogP contribution in [0.4, 0.5) is 10.3 Å². The van der Waals surface area contributed by atoms with Crippen LogP contribution in [0.3, 0.4) is 0 Å². The molecule has 2 aromatic heterocycles. The molecule has 1 fully saturated rings. The number of aryl methyl sites for hydroxylation is 1. The number of ether oxygens (including phenoxy) is 1. The van der Waals surface area contributed by atoms with Gasteiger partial charge >= 0.3 is 0 Å². The van der Waals surface area contributed by atoms with Crippen molar-refractivity contribution >= 4 is 28.2 Å². The fraction of sp³-hybridized carbons (Fsp3) is 0.316. The van der Waals surface area contributed by atoms with Crippen molar-refractivity contribution in [3.05, 3.63) is 52.7 Å². The van der Waals surface area contributed by atoms with E-state index in [9.17, 15) is 13.7 Å². The predicted octanol–water partition coefficient (Wildman–Crippen LogP) is 2.58. The third-order valence-corrected chi connectivity index (χ3v) is 6.08. The Morgan fingerprint density at radius 3 is 2.79 bits per heavy atom. The minimum absolute atomic E-state index is 0.000769. The number of fused-ring (bicyclic) bond motifs is 1. The summed E-state index contributed by atoms with van der Waals surface area (Å²) in [4.78, 5) is 21.4. The first-order chi connectivity index (χ1) is 13.5. The van der Waals surface area contributed by atoms with Crippen LogP contribution in [0.1, 0.15) is 12.8 Å². The van der Waals surface area contributed by atoms with Gasteiger partial charge in [0.25, 0.3) is 5.56 Å². The number of nitrogens with zero attached hydrogens (tertiary/aromatic N) is 3. The smallest absolute Gasteiger partial charge is 0.294 e. The highest BCUT2D eigenvalue weighted by Gasteiger charge is 2.22. The monoisotopic (exact) mass is 402 g/mol. The summed E-state index contributed by atoms with van der Waals surface area (Å²) < 4.78 is 32.2. The summed E-state index contributed by atoms with van der Waals surface area (Å²) in [6.45, 7) is 0. The van der Waals surface area contributed by atoms with Gasteiger partial charge in [-0.2, -0.15) is 4.98 Å². The third kappa shape index (κ3) is 3.81. The minimum Gasteiger partial charge on any atom is -0.616 e. The summed E-state index contributed by atoms with van der Waals surface area (Å²) in [7, 11) is 1.58. The van der Waals surface area contributed by atoms with E-state index >= 15 is 0 Å². The van der Waals surface area contributed by atoms with Crippen molar-refractivity contribution in [3.63, 3.8) is 0 Å². The van der Waals surface area contributed by atoms with Gasteiger partial charge in [0.05, 0.1) is 0 Å². The van der Waals surface area contributed by atoms with E-state index in [0.29, 0.717) is 28.5 Å². The van der Waals surface area contributed by atoms with Crippen molar-refractivity contribution in [1.29, 1.82) is 0 Å². The van der Waals surface area contributed by atoms with Crippen LogP contribution >= 0.6 is 0 Å². The van der Waals surface area contributed by atoms with E-state index in [1.807, 2.05) is 0 Å². The van der Waals surface area contributed by atoms with E-state index in [2.05, 4.69) is 15.3 Å². The molecular formula is C19H19FN4O3S. The molecule has 9 heteroatoms. The molecule has 3 aromatic rings. The third-order valence-electron chi connectivity index (χ3n) is 4.69. The maximum absolute atomic E-state index is 13.8. The van der Waals surface area contributed by atoms with Crippen molar-refractivity contribution < 1.29 is 13.7 Å². The van der Waals surface area contributed by atoms with Crippen LogP contribution in [0, 0.1) is 5.82 Å². The molecule has 4 rings (SSSR count). The zero-order chi connectivity index (χ0) is 19.7. The Kier molecular flexibility index (Phi) is 5.19. The van der Waals surface area contributed by atoms with Crippen LogP contribution in [-0.2, 0) is 18.2 Å². The van der Waals surface area contributed by atoms with Crippen molar-refractivity contribution in [3.8, 4) is 11.5 Å². The molecule has 0 spiro atoms. The number of nitrogens with one attached hydrogen (secondary N) is 1. The molecule has 7 nitrogen and oxygen atoms in total. The summed E-state index contributed by atoms with van der Waals surface area (Å²) in [5.41, 5.74) is 0.0243. The predicted molar refractivity (Wildman–Crippen MR) is 106 cm³/mol. The van der Waals surface area contributed by atoms with Crippen LogP contribution in [0.15, 0.2) is 41.3 Å². The van der Waals surface area contributed by atoms with Gasteiger partial charge in [-0.1, -0.05) is 23.3 Å². The molecule has 28 heavy (non-hydrogen) atoms. The largest absolute Gasteiger partial charge is 0.616 e. The van der Waals surface area contributed by atoms with Gasteiger partial charge in [-0.05, 0) is 18.2 Å². The van der Waals surface area contributed by atoms with Gasteiger partial charge in [0.2, 0.25) is 5.95 Å². The van der Waals surface area contributed by atoms with Gasteiger partial charge in [0.15, 0.2) is 17.3 Å². The molecule has 1 N–H and O–H groups in total. The van der Waals surface area contributed by atoms with Gasteiger partial charge in [-0.25, -0.2) is 9.37 Å². The molecule has 0 unspecified atom stereocenters. The summed E-state index contributed by atoms with van der Waals surface area (Å²) in [6.07, 6.45) is 3.18. The van der Waals surface area contributed by atoms with Gasteiger partial charge in [0.1, 0.15) is 17.2 Å². The van der Waals surface area contributed by atoms with Crippen molar-refractivity contribution in [1.82, 2.24) is 14.5 Å². The Labute approximate surface area is 163 Å². The van der Waals surface area contributed by atoms with E-state index in [1.54, 1.807) is 25.4 Å². The number of benzene rings is 1. The SMILES string of the molecule is Cn1c(=O)c(Oc2ccccc2F)cc2cnc(NC3CC[S+]([O-])CC3)nc21. The van der Waals surface area contributed by atoms with E-state index in [0.717, 1.165) is 12.8 Å². The molecular weight excluding hydrogens is 383 g/mol. The Morgan fingerprint density at radius 2 is 2.04 bits per heavy atom. The standard InChI is InChI=1S/C19H19FN4O3S/c1-24-17-12(10-16(18(24)25)27-15-5-3-2-4-14(15)20)11-21-19(23-17)22-13-6-8-28(26)9-7-13/h2-5,10-11,13H,6-9H2,1H3,(H,21,22,23). The number of hydrogen-bond donors (Lipinski definition) is 1. The van der Waals surface area contributed by atoms with Gasteiger partial charge in [-0.15, -0.1) is 0 Å². The van der Waals surface area contributed by atoms with Crippen LogP contribution in [-0.4, -0.2) is 36.6 Å². The molecule has 3 heterocycles. The normalized spacial score (nSPS) is 19.5. The number of para-hydroxylation sites is 1. The number of anilines is 1. The molecule has 1 aromatic carbocycles. The van der Waals surface area contributed by atoms with Crippen LogP contribution < -0.4 is 15.6 Å². The number of aromatic nitrogens is 3. The second kappa shape index (κ2) is 7.76. The van der Waals surface area contributed by atoms with Crippen LogP contribution in [0.2, 0.25) is 0 Å². The average molecular weight is 402 g/mol. The van der Waals surface area contributed by atoms with E-state index in [1.165, 1.54) is 22.8 Å². The zero-order valence-electron chi connectivity index (χ0n) is 15.2. The maximum atomic E-state index is 13.8. The second-order valence-corrected chi connectivity index (χ2v) is 8.34. The topological polar surface area (TPSA) is 92.1 Å². The first-order valence-corrected chi connectivity index (χ1v) is 10.4. The Bertz CT molecular complexity index is 1070. The summed E-state index contributed by atoms with van der Waals surface area (Å²) in [5, 5.41) is 3.85. The van der Waals surface area contributed by atoms with Crippen molar-refractivity contribution in [2.45, 2.75) is 18.9 Å². The summed E-state index contributed by atoms with van der Waals surface area (Å²) in [5.74, 6) is 1.19. The molecule has 1 saturated heterocycles. The first kappa shape index (κ1) is 18.7.